The second-order valence-corrected chi connectivity index (χ2v) is 6.52. The van der Waals surface area contributed by atoms with Crippen LogP contribution in [-0.2, 0) is 6.54 Å². The quantitative estimate of drug-likeness (QED) is 0.230. The summed E-state index contributed by atoms with van der Waals surface area (Å²) in [4.78, 5) is 13.1. The molecule has 0 fully saturated rings. The fraction of sp³-hybridized carbons (Fsp3) is 0.0909. The molecule has 2 aromatic carbocycles. The summed E-state index contributed by atoms with van der Waals surface area (Å²) in [5.74, 6) is 2.45. The Bertz CT molecular complexity index is 1180. The monoisotopic (exact) mass is 431 g/mol. The number of nitrogens with zero attached hydrogens (tertiary/aromatic N) is 4. The second kappa shape index (κ2) is 9.94. The van der Waals surface area contributed by atoms with Gasteiger partial charge in [0.15, 0.2) is 0 Å². The van der Waals surface area contributed by atoms with Crippen LogP contribution in [0.2, 0.25) is 0 Å². The summed E-state index contributed by atoms with van der Waals surface area (Å²) < 4.78 is 10.5. The van der Waals surface area contributed by atoms with Crippen molar-refractivity contribution in [3.05, 3.63) is 78.3 Å². The molecule has 0 bridgehead atoms. The number of rotatable bonds is 9. The number of phenolic OH excluding ortho intramolecular Hbond substituents is 1. The number of aromatic hydroxyl groups is 1. The minimum Gasteiger partial charge on any atom is -0.507 e. The molecule has 0 amide bonds. The third-order valence-corrected chi connectivity index (χ3v) is 4.29. The van der Waals surface area contributed by atoms with Gasteiger partial charge in [-0.15, -0.1) is 0 Å². The normalized spacial score (nSPS) is 10.8. The lowest BCUT2D eigenvalue weighted by Gasteiger charge is -2.10. The van der Waals surface area contributed by atoms with E-state index in [0.717, 1.165) is 17.2 Å². The van der Waals surface area contributed by atoms with E-state index < -0.39 is 0 Å². The van der Waals surface area contributed by atoms with E-state index in [1.807, 2.05) is 36.4 Å². The van der Waals surface area contributed by atoms with Crippen LogP contribution in [0.4, 0.5) is 23.5 Å². The zero-order chi connectivity index (χ0) is 22.2. The summed E-state index contributed by atoms with van der Waals surface area (Å²) in [6, 6.07) is 17.9. The number of hydrazone groups is 1. The Hall–Kier alpha value is -4.60. The molecule has 0 atom stereocenters. The van der Waals surface area contributed by atoms with Crippen molar-refractivity contribution in [2.45, 2.75) is 6.54 Å². The number of phenols is 1. The molecular weight excluding hydrogens is 410 g/mol. The molecule has 10 nitrogen and oxygen atoms in total. The van der Waals surface area contributed by atoms with E-state index in [2.05, 4.69) is 36.1 Å². The van der Waals surface area contributed by atoms with Crippen molar-refractivity contribution in [1.29, 1.82) is 0 Å². The third-order valence-electron chi connectivity index (χ3n) is 4.29. The summed E-state index contributed by atoms with van der Waals surface area (Å²) in [7, 11) is 1.61. The average molecular weight is 431 g/mol. The highest BCUT2D eigenvalue weighted by Crippen LogP contribution is 2.20. The molecule has 0 aliphatic carbocycles. The molecular formula is C22H21N7O3. The van der Waals surface area contributed by atoms with Crippen LogP contribution in [-0.4, -0.2) is 33.4 Å². The first-order chi connectivity index (χ1) is 15.7. The van der Waals surface area contributed by atoms with Crippen LogP contribution in [0.25, 0.3) is 0 Å². The van der Waals surface area contributed by atoms with E-state index in [1.54, 1.807) is 37.6 Å². The third kappa shape index (κ3) is 5.51. The van der Waals surface area contributed by atoms with Crippen molar-refractivity contribution in [2.75, 3.05) is 23.2 Å². The Labute approximate surface area is 184 Å². The lowest BCUT2D eigenvalue weighted by atomic mass is 10.2. The minimum absolute atomic E-state index is 0.122. The molecule has 0 aliphatic heterocycles. The molecule has 0 aliphatic rings. The van der Waals surface area contributed by atoms with Crippen molar-refractivity contribution in [2.24, 2.45) is 5.10 Å². The van der Waals surface area contributed by atoms with Crippen LogP contribution in [0.5, 0.6) is 11.5 Å². The fourth-order valence-electron chi connectivity index (χ4n) is 2.70. The largest absolute Gasteiger partial charge is 0.507 e. The van der Waals surface area contributed by atoms with E-state index in [9.17, 15) is 5.11 Å². The lowest BCUT2D eigenvalue weighted by Crippen LogP contribution is -2.09. The van der Waals surface area contributed by atoms with E-state index in [1.165, 1.54) is 6.21 Å². The highest BCUT2D eigenvalue weighted by atomic mass is 16.5. The van der Waals surface area contributed by atoms with Crippen LogP contribution >= 0.6 is 0 Å². The number of hydrogen-bond donors (Lipinski definition) is 4. The van der Waals surface area contributed by atoms with Crippen molar-refractivity contribution in [3.8, 4) is 11.5 Å². The predicted molar refractivity (Wildman–Crippen MR) is 121 cm³/mol. The topological polar surface area (TPSA) is 130 Å². The molecule has 4 aromatic rings. The summed E-state index contributed by atoms with van der Waals surface area (Å²) in [6.45, 7) is 0.402. The number of anilines is 4. The zero-order valence-corrected chi connectivity index (χ0v) is 17.2. The molecule has 0 saturated carbocycles. The first-order valence-corrected chi connectivity index (χ1v) is 9.70. The van der Waals surface area contributed by atoms with Crippen molar-refractivity contribution >= 4 is 29.7 Å². The summed E-state index contributed by atoms with van der Waals surface area (Å²) in [5, 5.41) is 20.2. The van der Waals surface area contributed by atoms with Gasteiger partial charge in [-0.1, -0.05) is 12.1 Å². The zero-order valence-electron chi connectivity index (χ0n) is 17.2. The maximum absolute atomic E-state index is 9.86. The molecule has 2 aromatic heterocycles. The van der Waals surface area contributed by atoms with Gasteiger partial charge in [0, 0.05) is 11.3 Å². The van der Waals surface area contributed by atoms with Crippen molar-refractivity contribution in [1.82, 2.24) is 15.0 Å². The van der Waals surface area contributed by atoms with E-state index in [4.69, 9.17) is 9.15 Å². The Kier molecular flexibility index (Phi) is 6.42. The van der Waals surface area contributed by atoms with Crippen molar-refractivity contribution in [3.63, 3.8) is 0 Å². The average Bonchev–Trinajstić information content (AvgIpc) is 3.33. The van der Waals surface area contributed by atoms with E-state index >= 15 is 0 Å². The van der Waals surface area contributed by atoms with Crippen LogP contribution in [0.3, 0.4) is 0 Å². The predicted octanol–water partition coefficient (Wildman–Crippen LogP) is 3.98. The van der Waals surface area contributed by atoms with Gasteiger partial charge in [0.05, 0.1) is 26.1 Å². The molecule has 0 spiro atoms. The van der Waals surface area contributed by atoms with Gasteiger partial charge in [0.1, 0.15) is 17.3 Å². The molecule has 4 N–H and O–H groups in total. The van der Waals surface area contributed by atoms with Gasteiger partial charge < -0.3 is 24.9 Å². The molecule has 0 saturated heterocycles. The van der Waals surface area contributed by atoms with Gasteiger partial charge in [-0.3, -0.25) is 0 Å². The Morgan fingerprint density at radius 2 is 1.75 bits per heavy atom. The summed E-state index contributed by atoms with van der Waals surface area (Å²) in [5.41, 5.74) is 4.10. The second-order valence-electron chi connectivity index (χ2n) is 6.52. The molecule has 2 heterocycles. The summed E-state index contributed by atoms with van der Waals surface area (Å²) >= 11 is 0. The van der Waals surface area contributed by atoms with Gasteiger partial charge in [-0.25, -0.2) is 5.43 Å². The van der Waals surface area contributed by atoms with Crippen LogP contribution in [0, 0.1) is 0 Å². The fourth-order valence-corrected chi connectivity index (χ4v) is 2.70. The minimum atomic E-state index is 0.122. The number of methoxy groups -OCH3 is 1. The highest BCUT2D eigenvalue weighted by molar-refractivity contribution is 5.83. The maximum atomic E-state index is 9.86. The SMILES string of the molecule is COc1ccc(Nc2nc(NCc3ccco3)nc(N/N=C\c3ccccc3O)n2)cc1. The Morgan fingerprint density at radius 1 is 0.969 bits per heavy atom. The van der Waals surface area contributed by atoms with Gasteiger partial charge in [-0.05, 0) is 48.5 Å². The van der Waals surface area contributed by atoms with Gasteiger partial charge in [-0.2, -0.15) is 20.1 Å². The highest BCUT2D eigenvalue weighted by Gasteiger charge is 2.08. The smallest absolute Gasteiger partial charge is 0.250 e. The van der Waals surface area contributed by atoms with E-state index in [0.29, 0.717) is 24.0 Å². The number of hydrogen-bond acceptors (Lipinski definition) is 10. The standard InChI is InChI=1S/C22H21N7O3/c1-31-17-10-8-16(9-11-17)25-21-26-20(23-14-18-6-4-12-32-18)27-22(28-21)29-24-13-15-5-2-3-7-19(15)30/h2-13,30H,14H2,1H3,(H3,23,25,26,27,28,29)/b24-13-. The number of nitrogens with one attached hydrogen (secondary N) is 3. The Balaban J connectivity index is 1.53. The molecule has 0 unspecified atom stereocenters. The summed E-state index contributed by atoms with van der Waals surface area (Å²) in [6.07, 6.45) is 3.08. The van der Waals surface area contributed by atoms with Crippen molar-refractivity contribution < 1.29 is 14.3 Å². The van der Waals surface area contributed by atoms with Crippen LogP contribution < -0.4 is 20.8 Å². The number of benzene rings is 2. The van der Waals surface area contributed by atoms with Gasteiger partial charge >= 0.3 is 0 Å². The van der Waals surface area contributed by atoms with Crippen LogP contribution in [0.1, 0.15) is 11.3 Å². The first kappa shape index (κ1) is 20.7. The van der Waals surface area contributed by atoms with E-state index in [-0.39, 0.29) is 11.7 Å². The first-order valence-electron chi connectivity index (χ1n) is 9.70. The lowest BCUT2D eigenvalue weighted by molar-refractivity contribution is 0.415. The molecule has 162 valence electrons. The molecule has 32 heavy (non-hydrogen) atoms. The molecule has 0 radical (unpaired) electrons. The van der Waals surface area contributed by atoms with Gasteiger partial charge in [0.2, 0.25) is 17.8 Å². The number of para-hydroxylation sites is 1. The number of ether oxygens (including phenoxy) is 1. The number of aromatic nitrogens is 3. The molecule has 10 heteroatoms. The van der Waals surface area contributed by atoms with Gasteiger partial charge in [0.25, 0.3) is 0 Å². The molecule has 4 rings (SSSR count). The maximum Gasteiger partial charge on any atom is 0.250 e. The Morgan fingerprint density at radius 3 is 2.50 bits per heavy atom. The van der Waals surface area contributed by atoms with Crippen LogP contribution in [0.15, 0.2) is 76.4 Å². The number of furan rings is 1.